The first kappa shape index (κ1) is 12.8. The number of hydrogen-bond donors (Lipinski definition) is 0. The Hall–Kier alpha value is -1.65. The summed E-state index contributed by atoms with van der Waals surface area (Å²) < 4.78 is 0. The van der Waals surface area contributed by atoms with Gasteiger partial charge >= 0.3 is 0 Å². The second kappa shape index (κ2) is 5.33. The monoisotopic (exact) mass is 281 g/mol. The number of anilines is 1. The summed E-state index contributed by atoms with van der Waals surface area (Å²) in [7, 11) is 1.65. The van der Waals surface area contributed by atoms with Gasteiger partial charge in [0.25, 0.3) is 5.91 Å². The molecule has 18 heavy (non-hydrogen) atoms. The van der Waals surface area contributed by atoms with Crippen LogP contribution in [-0.2, 0) is 0 Å². The standard InChI is InChI=1S/C12H9Cl2N3O/c1-17(9-4-2-8(13)3-5-9)12(18)10-6-15-7-11(14)16-10/h2-7H,1H3. The van der Waals surface area contributed by atoms with Crippen LogP contribution in [0.3, 0.4) is 0 Å². The normalized spacial score (nSPS) is 10.2. The van der Waals surface area contributed by atoms with E-state index in [1.54, 1.807) is 31.3 Å². The van der Waals surface area contributed by atoms with E-state index in [2.05, 4.69) is 9.97 Å². The van der Waals surface area contributed by atoms with Crippen molar-refractivity contribution in [2.24, 2.45) is 0 Å². The zero-order chi connectivity index (χ0) is 13.1. The minimum absolute atomic E-state index is 0.186. The molecule has 0 aliphatic heterocycles. The number of rotatable bonds is 2. The summed E-state index contributed by atoms with van der Waals surface area (Å²) in [5.41, 5.74) is 0.908. The first-order chi connectivity index (χ1) is 8.58. The molecule has 4 nitrogen and oxygen atoms in total. The van der Waals surface area contributed by atoms with Crippen molar-refractivity contribution in [1.82, 2.24) is 9.97 Å². The number of carbonyl (C=O) groups excluding carboxylic acids is 1. The van der Waals surface area contributed by atoms with E-state index in [9.17, 15) is 4.79 Å². The molecule has 0 saturated heterocycles. The lowest BCUT2D eigenvalue weighted by molar-refractivity contribution is 0.0988. The number of hydrogen-bond acceptors (Lipinski definition) is 3. The molecule has 0 aliphatic rings. The molecule has 6 heteroatoms. The van der Waals surface area contributed by atoms with Crippen molar-refractivity contribution in [2.75, 3.05) is 11.9 Å². The molecule has 1 amide bonds. The predicted molar refractivity (Wildman–Crippen MR) is 71.2 cm³/mol. The summed E-state index contributed by atoms with van der Waals surface area (Å²) in [6, 6.07) is 6.92. The third-order valence-corrected chi connectivity index (χ3v) is 2.78. The van der Waals surface area contributed by atoms with Crippen LogP contribution in [0, 0.1) is 0 Å². The quantitative estimate of drug-likeness (QED) is 0.850. The first-order valence-corrected chi connectivity index (χ1v) is 5.84. The van der Waals surface area contributed by atoms with E-state index < -0.39 is 0 Å². The SMILES string of the molecule is CN(C(=O)c1cncc(Cl)n1)c1ccc(Cl)cc1. The third-order valence-electron chi connectivity index (χ3n) is 2.34. The Morgan fingerprint density at radius 3 is 2.44 bits per heavy atom. The molecule has 0 saturated carbocycles. The Morgan fingerprint density at radius 2 is 1.83 bits per heavy atom. The van der Waals surface area contributed by atoms with Gasteiger partial charge in [-0.3, -0.25) is 9.78 Å². The molecule has 0 radical (unpaired) electrons. The Kier molecular flexibility index (Phi) is 3.79. The highest BCUT2D eigenvalue weighted by Gasteiger charge is 2.15. The van der Waals surface area contributed by atoms with Crippen molar-refractivity contribution < 1.29 is 4.79 Å². The molecule has 0 aliphatic carbocycles. The number of amides is 1. The predicted octanol–water partition coefficient (Wildman–Crippen LogP) is 3.06. The van der Waals surface area contributed by atoms with Crippen molar-refractivity contribution >= 4 is 34.8 Å². The number of nitrogens with zero attached hydrogens (tertiary/aromatic N) is 3. The molecule has 0 fully saturated rings. The highest BCUT2D eigenvalue weighted by Crippen LogP contribution is 2.18. The minimum Gasteiger partial charge on any atom is -0.310 e. The largest absolute Gasteiger partial charge is 0.310 e. The second-order valence-electron chi connectivity index (χ2n) is 3.57. The van der Waals surface area contributed by atoms with Crippen molar-refractivity contribution in [1.29, 1.82) is 0 Å². The van der Waals surface area contributed by atoms with E-state index in [4.69, 9.17) is 23.2 Å². The highest BCUT2D eigenvalue weighted by atomic mass is 35.5. The molecule has 1 aromatic carbocycles. The van der Waals surface area contributed by atoms with Gasteiger partial charge in [-0.2, -0.15) is 0 Å². The fraction of sp³-hybridized carbons (Fsp3) is 0.0833. The van der Waals surface area contributed by atoms with Gasteiger partial charge in [-0.05, 0) is 24.3 Å². The van der Waals surface area contributed by atoms with Crippen LogP contribution in [0.25, 0.3) is 0 Å². The van der Waals surface area contributed by atoms with Crippen LogP contribution >= 0.6 is 23.2 Å². The molecule has 1 heterocycles. The van der Waals surface area contributed by atoms with Crippen molar-refractivity contribution in [3.8, 4) is 0 Å². The average molecular weight is 282 g/mol. The van der Waals surface area contributed by atoms with Gasteiger partial charge in [-0.25, -0.2) is 4.98 Å². The summed E-state index contributed by atoms with van der Waals surface area (Å²) in [6.07, 6.45) is 2.75. The van der Waals surface area contributed by atoms with Crippen molar-refractivity contribution in [2.45, 2.75) is 0 Å². The molecular weight excluding hydrogens is 273 g/mol. The lowest BCUT2D eigenvalue weighted by Gasteiger charge is -2.16. The number of benzene rings is 1. The maximum absolute atomic E-state index is 12.1. The average Bonchev–Trinajstić information content (AvgIpc) is 2.38. The van der Waals surface area contributed by atoms with Crippen LogP contribution in [0.4, 0.5) is 5.69 Å². The summed E-state index contributed by atoms with van der Waals surface area (Å²) in [5, 5.41) is 0.799. The van der Waals surface area contributed by atoms with Crippen LogP contribution in [0.1, 0.15) is 10.5 Å². The first-order valence-electron chi connectivity index (χ1n) is 5.09. The van der Waals surface area contributed by atoms with E-state index in [1.165, 1.54) is 17.3 Å². The molecule has 1 aromatic heterocycles. The van der Waals surface area contributed by atoms with Gasteiger partial charge in [0.15, 0.2) is 0 Å². The van der Waals surface area contributed by atoms with Crippen molar-refractivity contribution in [3.63, 3.8) is 0 Å². The van der Waals surface area contributed by atoms with Crippen molar-refractivity contribution in [3.05, 3.63) is 52.5 Å². The second-order valence-corrected chi connectivity index (χ2v) is 4.39. The molecule has 0 bridgehead atoms. The number of carbonyl (C=O) groups is 1. The fourth-order valence-electron chi connectivity index (χ4n) is 1.40. The zero-order valence-corrected chi connectivity index (χ0v) is 11.0. The summed E-state index contributed by atoms with van der Waals surface area (Å²) >= 11 is 11.5. The third kappa shape index (κ3) is 2.78. The van der Waals surface area contributed by atoms with Gasteiger partial charge in [0, 0.05) is 17.8 Å². The topological polar surface area (TPSA) is 46.1 Å². The number of aromatic nitrogens is 2. The Balaban J connectivity index is 2.26. The number of halogens is 2. The van der Waals surface area contributed by atoms with E-state index in [-0.39, 0.29) is 16.8 Å². The Morgan fingerprint density at radius 1 is 1.17 bits per heavy atom. The molecule has 0 unspecified atom stereocenters. The lowest BCUT2D eigenvalue weighted by atomic mass is 10.3. The molecule has 0 N–H and O–H groups in total. The minimum atomic E-state index is -0.285. The highest BCUT2D eigenvalue weighted by molar-refractivity contribution is 6.30. The van der Waals surface area contributed by atoms with Crippen LogP contribution in [0.5, 0.6) is 0 Å². The van der Waals surface area contributed by atoms with Crippen LogP contribution < -0.4 is 4.90 Å². The van der Waals surface area contributed by atoms with E-state index in [1.807, 2.05) is 0 Å². The smallest absolute Gasteiger partial charge is 0.278 e. The lowest BCUT2D eigenvalue weighted by Crippen LogP contribution is -2.27. The molecule has 92 valence electrons. The van der Waals surface area contributed by atoms with E-state index in [0.29, 0.717) is 10.7 Å². The Labute approximate surface area is 114 Å². The fourth-order valence-corrected chi connectivity index (χ4v) is 1.67. The van der Waals surface area contributed by atoms with Gasteiger partial charge in [0.1, 0.15) is 10.8 Å². The summed E-state index contributed by atoms with van der Waals surface area (Å²) in [4.78, 5) is 21.3. The van der Waals surface area contributed by atoms with E-state index >= 15 is 0 Å². The van der Waals surface area contributed by atoms with Gasteiger partial charge in [0.2, 0.25) is 0 Å². The Bertz CT molecular complexity index is 572. The van der Waals surface area contributed by atoms with Gasteiger partial charge in [0.05, 0.1) is 12.4 Å². The van der Waals surface area contributed by atoms with Crippen LogP contribution in [0.15, 0.2) is 36.7 Å². The molecule has 0 atom stereocenters. The molecular formula is C12H9Cl2N3O. The van der Waals surface area contributed by atoms with Gasteiger partial charge < -0.3 is 4.90 Å². The van der Waals surface area contributed by atoms with Crippen LogP contribution in [0.2, 0.25) is 10.2 Å². The van der Waals surface area contributed by atoms with Gasteiger partial charge in [-0.1, -0.05) is 23.2 Å². The van der Waals surface area contributed by atoms with Gasteiger partial charge in [-0.15, -0.1) is 0 Å². The molecule has 2 aromatic rings. The van der Waals surface area contributed by atoms with Crippen LogP contribution in [-0.4, -0.2) is 22.9 Å². The molecule has 0 spiro atoms. The van der Waals surface area contributed by atoms with E-state index in [0.717, 1.165) is 0 Å². The maximum Gasteiger partial charge on any atom is 0.278 e. The maximum atomic E-state index is 12.1. The summed E-state index contributed by atoms with van der Waals surface area (Å²) in [5.74, 6) is -0.285. The zero-order valence-electron chi connectivity index (χ0n) is 9.47. The summed E-state index contributed by atoms with van der Waals surface area (Å²) in [6.45, 7) is 0. The molecule has 2 rings (SSSR count).